The molecule has 23 heavy (non-hydrogen) atoms. The highest BCUT2D eigenvalue weighted by Gasteiger charge is 2.21. The second kappa shape index (κ2) is 7.42. The van der Waals surface area contributed by atoms with Crippen molar-refractivity contribution in [3.63, 3.8) is 0 Å². The molecular formula is C18H23N3O2. The zero-order chi connectivity index (χ0) is 16.1. The van der Waals surface area contributed by atoms with Crippen LogP contribution in [0, 0.1) is 6.92 Å². The van der Waals surface area contributed by atoms with Gasteiger partial charge in [-0.05, 0) is 37.5 Å². The monoisotopic (exact) mass is 313 g/mol. The Balaban J connectivity index is 1.50. The Kier molecular flexibility index (Phi) is 5.08. The minimum atomic E-state index is 0.229. The molecule has 1 saturated heterocycles. The van der Waals surface area contributed by atoms with Gasteiger partial charge in [0.1, 0.15) is 11.9 Å². The molecule has 5 nitrogen and oxygen atoms in total. The zero-order valence-corrected chi connectivity index (χ0v) is 13.7. The molecule has 0 amide bonds. The average molecular weight is 313 g/mol. The predicted molar refractivity (Wildman–Crippen MR) is 88.7 cm³/mol. The van der Waals surface area contributed by atoms with E-state index < -0.39 is 0 Å². The number of ether oxygens (including phenoxy) is 2. The number of rotatable bonds is 5. The molecule has 0 saturated carbocycles. The molecule has 1 aliphatic heterocycles. The Morgan fingerprint density at radius 3 is 2.78 bits per heavy atom. The maximum absolute atomic E-state index is 5.95. The summed E-state index contributed by atoms with van der Waals surface area (Å²) in [6.45, 7) is 4.94. The van der Waals surface area contributed by atoms with Crippen molar-refractivity contribution in [1.29, 1.82) is 0 Å². The number of hydrogen-bond acceptors (Lipinski definition) is 5. The fraction of sp³-hybridized carbons (Fsp3) is 0.444. The van der Waals surface area contributed by atoms with Crippen LogP contribution in [0.15, 0.2) is 36.7 Å². The second-order valence-corrected chi connectivity index (χ2v) is 5.94. The van der Waals surface area contributed by atoms with Crippen LogP contribution in [-0.2, 0) is 6.54 Å². The van der Waals surface area contributed by atoms with E-state index in [4.69, 9.17) is 9.47 Å². The molecule has 0 radical (unpaired) electrons. The number of aryl methyl sites for hydroxylation is 1. The summed E-state index contributed by atoms with van der Waals surface area (Å²) < 4.78 is 11.2. The molecule has 3 rings (SSSR count). The van der Waals surface area contributed by atoms with Crippen LogP contribution in [0.5, 0.6) is 11.6 Å². The minimum absolute atomic E-state index is 0.229. The lowest BCUT2D eigenvalue weighted by molar-refractivity contribution is 0.0927. The molecule has 2 aromatic rings. The summed E-state index contributed by atoms with van der Waals surface area (Å²) in [5.74, 6) is 1.55. The van der Waals surface area contributed by atoms with Crippen molar-refractivity contribution >= 4 is 0 Å². The first-order valence-electron chi connectivity index (χ1n) is 8.03. The molecule has 1 aromatic heterocycles. The van der Waals surface area contributed by atoms with Crippen LogP contribution < -0.4 is 9.47 Å². The van der Waals surface area contributed by atoms with E-state index in [9.17, 15) is 0 Å². The second-order valence-electron chi connectivity index (χ2n) is 5.94. The van der Waals surface area contributed by atoms with Gasteiger partial charge in [-0.15, -0.1) is 0 Å². The molecule has 0 unspecified atom stereocenters. The molecule has 1 aliphatic rings. The predicted octanol–water partition coefficient (Wildman–Crippen LogP) is 2.84. The summed E-state index contributed by atoms with van der Waals surface area (Å²) in [6.07, 6.45) is 5.69. The molecule has 0 spiro atoms. The van der Waals surface area contributed by atoms with Crippen LogP contribution in [0.2, 0.25) is 0 Å². The lowest BCUT2D eigenvalue weighted by Gasteiger charge is -2.31. The quantitative estimate of drug-likeness (QED) is 0.849. The summed E-state index contributed by atoms with van der Waals surface area (Å²) in [4.78, 5) is 10.9. The first-order valence-corrected chi connectivity index (χ1v) is 8.03. The fourth-order valence-electron chi connectivity index (χ4n) is 2.88. The van der Waals surface area contributed by atoms with Gasteiger partial charge in [-0.3, -0.25) is 9.88 Å². The molecule has 0 bridgehead atoms. The maximum Gasteiger partial charge on any atom is 0.232 e. The van der Waals surface area contributed by atoms with E-state index in [1.165, 1.54) is 5.56 Å². The SMILES string of the molecule is COc1cccc(CN2CCC(Oc3cncc(C)n3)CC2)c1. The van der Waals surface area contributed by atoms with Crippen molar-refractivity contribution in [3.05, 3.63) is 47.9 Å². The highest BCUT2D eigenvalue weighted by molar-refractivity contribution is 5.28. The Labute approximate surface area is 137 Å². The summed E-state index contributed by atoms with van der Waals surface area (Å²) >= 11 is 0. The summed E-state index contributed by atoms with van der Waals surface area (Å²) in [5, 5.41) is 0. The topological polar surface area (TPSA) is 47.5 Å². The number of aromatic nitrogens is 2. The number of benzene rings is 1. The van der Waals surface area contributed by atoms with Crippen molar-refractivity contribution in [3.8, 4) is 11.6 Å². The maximum atomic E-state index is 5.95. The van der Waals surface area contributed by atoms with Gasteiger partial charge >= 0.3 is 0 Å². The van der Waals surface area contributed by atoms with Gasteiger partial charge in [0.15, 0.2) is 0 Å². The Bertz CT molecular complexity index is 640. The number of methoxy groups -OCH3 is 1. The molecule has 1 fully saturated rings. The number of nitrogens with zero attached hydrogens (tertiary/aromatic N) is 3. The normalized spacial score (nSPS) is 16.3. The molecule has 122 valence electrons. The van der Waals surface area contributed by atoms with Gasteiger partial charge in [0, 0.05) is 25.8 Å². The molecule has 5 heteroatoms. The Hall–Kier alpha value is -2.14. The smallest absolute Gasteiger partial charge is 0.232 e. The molecule has 0 atom stereocenters. The highest BCUT2D eigenvalue weighted by Crippen LogP contribution is 2.20. The standard InChI is InChI=1S/C18H23N3O2/c1-14-11-19-12-18(20-14)23-16-6-8-21(9-7-16)13-15-4-3-5-17(10-15)22-2/h3-5,10-12,16H,6-9,13H2,1-2H3. The van der Waals surface area contributed by atoms with Crippen molar-refractivity contribution in [2.75, 3.05) is 20.2 Å². The number of likely N-dealkylation sites (tertiary alicyclic amines) is 1. The summed E-state index contributed by atoms with van der Waals surface area (Å²) in [7, 11) is 1.70. The van der Waals surface area contributed by atoms with Gasteiger partial charge in [-0.1, -0.05) is 12.1 Å². The molecule has 0 aliphatic carbocycles. The highest BCUT2D eigenvalue weighted by atomic mass is 16.5. The number of hydrogen-bond donors (Lipinski definition) is 0. The zero-order valence-electron chi connectivity index (χ0n) is 13.7. The van der Waals surface area contributed by atoms with Crippen LogP contribution in [-0.4, -0.2) is 41.2 Å². The van der Waals surface area contributed by atoms with E-state index in [-0.39, 0.29) is 6.10 Å². The Morgan fingerprint density at radius 2 is 2.04 bits per heavy atom. The van der Waals surface area contributed by atoms with Gasteiger partial charge in [-0.2, -0.15) is 0 Å². The number of piperidine rings is 1. The van der Waals surface area contributed by atoms with Crippen LogP contribution in [0.4, 0.5) is 0 Å². The first-order chi connectivity index (χ1) is 11.2. The largest absolute Gasteiger partial charge is 0.497 e. The third kappa shape index (κ3) is 4.42. The van der Waals surface area contributed by atoms with Crippen LogP contribution in [0.25, 0.3) is 0 Å². The van der Waals surface area contributed by atoms with E-state index in [0.717, 1.165) is 43.9 Å². The van der Waals surface area contributed by atoms with Crippen molar-refractivity contribution < 1.29 is 9.47 Å². The minimum Gasteiger partial charge on any atom is -0.497 e. The first kappa shape index (κ1) is 15.7. The van der Waals surface area contributed by atoms with Crippen molar-refractivity contribution in [2.24, 2.45) is 0 Å². The van der Waals surface area contributed by atoms with E-state index >= 15 is 0 Å². The lowest BCUT2D eigenvalue weighted by atomic mass is 10.1. The average Bonchev–Trinajstić information content (AvgIpc) is 2.57. The van der Waals surface area contributed by atoms with Crippen LogP contribution in [0.3, 0.4) is 0 Å². The summed E-state index contributed by atoms with van der Waals surface area (Å²) in [6, 6.07) is 8.27. The lowest BCUT2D eigenvalue weighted by Crippen LogP contribution is -2.37. The molecular weight excluding hydrogens is 290 g/mol. The van der Waals surface area contributed by atoms with Gasteiger partial charge in [-0.25, -0.2) is 4.98 Å². The van der Waals surface area contributed by atoms with E-state index in [0.29, 0.717) is 5.88 Å². The third-order valence-corrected chi connectivity index (χ3v) is 4.10. The van der Waals surface area contributed by atoms with Crippen LogP contribution >= 0.6 is 0 Å². The van der Waals surface area contributed by atoms with Gasteiger partial charge in [0.25, 0.3) is 0 Å². The van der Waals surface area contributed by atoms with Gasteiger partial charge < -0.3 is 9.47 Å². The van der Waals surface area contributed by atoms with Gasteiger partial charge in [0.05, 0.1) is 19.0 Å². The van der Waals surface area contributed by atoms with E-state index in [1.54, 1.807) is 19.5 Å². The van der Waals surface area contributed by atoms with Crippen LogP contribution in [0.1, 0.15) is 24.1 Å². The third-order valence-electron chi connectivity index (χ3n) is 4.10. The molecule has 0 N–H and O–H groups in total. The summed E-state index contributed by atoms with van der Waals surface area (Å²) in [5.41, 5.74) is 2.17. The van der Waals surface area contributed by atoms with E-state index in [1.807, 2.05) is 19.1 Å². The van der Waals surface area contributed by atoms with Gasteiger partial charge in [0.2, 0.25) is 5.88 Å². The molecule has 1 aromatic carbocycles. The van der Waals surface area contributed by atoms with Crippen molar-refractivity contribution in [1.82, 2.24) is 14.9 Å². The Morgan fingerprint density at radius 1 is 1.22 bits per heavy atom. The van der Waals surface area contributed by atoms with E-state index in [2.05, 4.69) is 27.0 Å². The van der Waals surface area contributed by atoms with Crippen molar-refractivity contribution in [2.45, 2.75) is 32.4 Å². The fourth-order valence-corrected chi connectivity index (χ4v) is 2.88. The molecule has 2 heterocycles.